The summed E-state index contributed by atoms with van der Waals surface area (Å²) in [5, 5.41) is 9.23. The molecule has 170 valence electrons. The van der Waals surface area contributed by atoms with Crippen molar-refractivity contribution in [1.29, 1.82) is 0 Å². The van der Waals surface area contributed by atoms with Crippen LogP contribution in [0.2, 0.25) is 0 Å². The Balaban J connectivity index is 1.70. The third-order valence-corrected chi connectivity index (χ3v) is 6.02. The molecule has 0 fully saturated rings. The molecule has 0 aliphatic heterocycles. The van der Waals surface area contributed by atoms with E-state index in [0.29, 0.717) is 17.5 Å². The van der Waals surface area contributed by atoms with E-state index in [9.17, 15) is 19.1 Å². The van der Waals surface area contributed by atoms with E-state index in [0.717, 1.165) is 34.0 Å². The van der Waals surface area contributed by atoms with Gasteiger partial charge in [-0.2, -0.15) is 0 Å². The molecular formula is C29H24FNO3. The molecule has 4 nitrogen and oxygen atoms in total. The van der Waals surface area contributed by atoms with Gasteiger partial charge >= 0.3 is 5.97 Å². The van der Waals surface area contributed by atoms with Crippen LogP contribution in [0.15, 0.2) is 85.1 Å². The summed E-state index contributed by atoms with van der Waals surface area (Å²) in [5.74, 6) is -2.19. The van der Waals surface area contributed by atoms with Crippen LogP contribution in [0.3, 0.4) is 0 Å². The number of pyridine rings is 1. The minimum Gasteiger partial charge on any atom is -0.478 e. The van der Waals surface area contributed by atoms with Crippen LogP contribution in [0.25, 0.3) is 11.1 Å². The van der Waals surface area contributed by atoms with Gasteiger partial charge in [-0.05, 0) is 65.9 Å². The van der Waals surface area contributed by atoms with Gasteiger partial charge in [-0.25, -0.2) is 9.18 Å². The molecule has 0 spiro atoms. The zero-order chi connectivity index (χ0) is 24.2. The third kappa shape index (κ3) is 4.94. The Kier molecular flexibility index (Phi) is 6.64. The fraction of sp³-hybridized carbons (Fsp3) is 0.138. The molecule has 34 heavy (non-hydrogen) atoms. The first-order valence-electron chi connectivity index (χ1n) is 11.0. The number of ketones is 1. The first-order chi connectivity index (χ1) is 16.3. The number of carboxylic acids is 1. The highest BCUT2D eigenvalue weighted by Gasteiger charge is 2.21. The number of aromatic nitrogens is 1. The van der Waals surface area contributed by atoms with E-state index in [1.54, 1.807) is 24.4 Å². The van der Waals surface area contributed by atoms with E-state index < -0.39 is 11.8 Å². The highest BCUT2D eigenvalue weighted by molar-refractivity contribution is 5.97. The predicted molar refractivity (Wildman–Crippen MR) is 130 cm³/mol. The zero-order valence-electron chi connectivity index (χ0n) is 19.0. The number of hydrogen-bond acceptors (Lipinski definition) is 3. The van der Waals surface area contributed by atoms with Crippen LogP contribution in [-0.4, -0.2) is 21.8 Å². The van der Waals surface area contributed by atoms with Crippen molar-refractivity contribution in [2.24, 2.45) is 0 Å². The van der Waals surface area contributed by atoms with Gasteiger partial charge in [-0.15, -0.1) is 0 Å². The standard InChI is InChI=1S/C29H24FNO3/c1-18-5-3-4-6-24(18)25(17-28(32)23-13-14-31-19(2)15-23)21-9-7-20(8-10-21)22-11-12-27(30)26(16-22)29(33)34/h3-16,25H,17H2,1-2H3,(H,33,34). The van der Waals surface area contributed by atoms with E-state index >= 15 is 0 Å². The summed E-state index contributed by atoms with van der Waals surface area (Å²) in [5.41, 5.74) is 5.59. The molecular weight excluding hydrogens is 429 g/mol. The number of benzene rings is 3. The molecule has 1 unspecified atom stereocenters. The molecule has 1 atom stereocenters. The van der Waals surface area contributed by atoms with Gasteiger partial charge < -0.3 is 5.11 Å². The maximum absolute atomic E-state index is 13.8. The second kappa shape index (κ2) is 9.79. The average Bonchev–Trinajstić information content (AvgIpc) is 2.83. The number of nitrogens with zero attached hydrogens (tertiary/aromatic N) is 1. The number of aryl methyl sites for hydroxylation is 2. The minimum absolute atomic E-state index is 0.0347. The molecule has 3 aromatic carbocycles. The average molecular weight is 454 g/mol. The summed E-state index contributed by atoms with van der Waals surface area (Å²) < 4.78 is 13.8. The third-order valence-electron chi connectivity index (χ3n) is 6.02. The zero-order valence-corrected chi connectivity index (χ0v) is 19.0. The summed E-state index contributed by atoms with van der Waals surface area (Å²) in [7, 11) is 0. The van der Waals surface area contributed by atoms with Crippen molar-refractivity contribution in [1.82, 2.24) is 4.98 Å². The fourth-order valence-corrected chi connectivity index (χ4v) is 4.18. The van der Waals surface area contributed by atoms with Gasteiger partial charge in [0.05, 0.1) is 5.56 Å². The summed E-state index contributed by atoms with van der Waals surface area (Å²) in [4.78, 5) is 28.7. The highest BCUT2D eigenvalue weighted by Crippen LogP contribution is 2.33. The van der Waals surface area contributed by atoms with Gasteiger partial charge in [0.25, 0.3) is 0 Å². The van der Waals surface area contributed by atoms with Crippen LogP contribution in [-0.2, 0) is 0 Å². The highest BCUT2D eigenvalue weighted by atomic mass is 19.1. The maximum Gasteiger partial charge on any atom is 0.338 e. The molecule has 0 aliphatic rings. The van der Waals surface area contributed by atoms with E-state index in [-0.39, 0.29) is 17.3 Å². The van der Waals surface area contributed by atoms with Crippen LogP contribution in [0, 0.1) is 19.7 Å². The quantitative estimate of drug-likeness (QED) is 0.320. The van der Waals surface area contributed by atoms with Crippen LogP contribution < -0.4 is 0 Å². The molecule has 0 aliphatic carbocycles. The molecule has 4 aromatic rings. The lowest BCUT2D eigenvalue weighted by molar-refractivity contribution is 0.0691. The predicted octanol–water partition coefficient (Wildman–Crippen LogP) is 6.61. The van der Waals surface area contributed by atoms with Gasteiger partial charge in [0.15, 0.2) is 5.78 Å². The molecule has 1 heterocycles. The molecule has 0 saturated carbocycles. The molecule has 5 heteroatoms. The van der Waals surface area contributed by atoms with Gasteiger partial charge in [0, 0.05) is 29.8 Å². The number of rotatable bonds is 7. The molecule has 0 bridgehead atoms. The van der Waals surface area contributed by atoms with E-state index in [1.165, 1.54) is 6.07 Å². The van der Waals surface area contributed by atoms with Crippen molar-refractivity contribution >= 4 is 11.8 Å². The molecule has 0 radical (unpaired) electrons. The van der Waals surface area contributed by atoms with E-state index in [1.807, 2.05) is 62.4 Å². The summed E-state index contributed by atoms with van der Waals surface area (Å²) >= 11 is 0. The molecule has 1 N–H and O–H groups in total. The Morgan fingerprint density at radius 2 is 1.62 bits per heavy atom. The summed E-state index contributed by atoms with van der Waals surface area (Å²) in [6.45, 7) is 3.89. The van der Waals surface area contributed by atoms with Crippen LogP contribution in [0.4, 0.5) is 4.39 Å². The van der Waals surface area contributed by atoms with Crippen LogP contribution >= 0.6 is 0 Å². The second-order valence-electron chi connectivity index (χ2n) is 8.34. The van der Waals surface area contributed by atoms with Crippen molar-refractivity contribution in [3.05, 3.63) is 124 Å². The van der Waals surface area contributed by atoms with E-state index in [2.05, 4.69) is 4.98 Å². The number of halogens is 1. The largest absolute Gasteiger partial charge is 0.478 e. The molecule has 4 rings (SSSR count). The fourth-order valence-electron chi connectivity index (χ4n) is 4.18. The lowest BCUT2D eigenvalue weighted by Gasteiger charge is -2.20. The van der Waals surface area contributed by atoms with Crippen LogP contribution in [0.1, 0.15) is 55.4 Å². The SMILES string of the molecule is Cc1cc(C(=O)CC(c2ccc(-c3ccc(F)c(C(=O)O)c3)cc2)c2ccccc2C)ccn1. The van der Waals surface area contributed by atoms with Gasteiger partial charge in [-0.1, -0.05) is 54.6 Å². The van der Waals surface area contributed by atoms with Crippen molar-refractivity contribution in [2.75, 3.05) is 0 Å². The minimum atomic E-state index is -1.31. The normalized spacial score (nSPS) is 11.7. The Morgan fingerprint density at radius 3 is 2.29 bits per heavy atom. The summed E-state index contributed by atoms with van der Waals surface area (Å²) in [6, 6.07) is 23.3. The van der Waals surface area contributed by atoms with Crippen molar-refractivity contribution in [2.45, 2.75) is 26.2 Å². The Labute approximate surface area is 197 Å². The van der Waals surface area contributed by atoms with Crippen molar-refractivity contribution in [3.8, 4) is 11.1 Å². The molecule has 0 amide bonds. The smallest absolute Gasteiger partial charge is 0.338 e. The van der Waals surface area contributed by atoms with E-state index in [4.69, 9.17) is 0 Å². The maximum atomic E-state index is 13.8. The topological polar surface area (TPSA) is 67.3 Å². The number of carboxylic acid groups (broad SMARTS) is 1. The number of hydrogen-bond donors (Lipinski definition) is 1. The Bertz CT molecular complexity index is 1360. The lowest BCUT2D eigenvalue weighted by Crippen LogP contribution is -2.11. The number of carbonyl (C=O) groups is 2. The molecule has 1 aromatic heterocycles. The van der Waals surface area contributed by atoms with Gasteiger partial charge in [0.1, 0.15) is 5.82 Å². The van der Waals surface area contributed by atoms with Crippen molar-refractivity contribution < 1.29 is 19.1 Å². The first kappa shape index (κ1) is 23.1. The summed E-state index contributed by atoms with van der Waals surface area (Å²) in [6.07, 6.45) is 1.95. The molecule has 0 saturated heterocycles. The first-order valence-corrected chi connectivity index (χ1v) is 11.0. The lowest BCUT2D eigenvalue weighted by atomic mass is 9.83. The second-order valence-corrected chi connectivity index (χ2v) is 8.34. The van der Waals surface area contributed by atoms with Gasteiger partial charge in [0.2, 0.25) is 0 Å². The monoisotopic (exact) mass is 453 g/mol. The number of aromatic carboxylic acids is 1. The number of carbonyl (C=O) groups excluding carboxylic acids is 1. The number of Topliss-reactive ketones (excluding diaryl/α,β-unsaturated/α-hetero) is 1. The van der Waals surface area contributed by atoms with Crippen molar-refractivity contribution in [3.63, 3.8) is 0 Å². The Morgan fingerprint density at radius 1 is 0.912 bits per heavy atom. The van der Waals surface area contributed by atoms with Gasteiger partial charge in [-0.3, -0.25) is 9.78 Å². The Hall–Kier alpha value is -4.12. The van der Waals surface area contributed by atoms with Crippen LogP contribution in [0.5, 0.6) is 0 Å².